The lowest BCUT2D eigenvalue weighted by Gasteiger charge is -2.09. The van der Waals surface area contributed by atoms with Gasteiger partial charge in [-0.3, -0.25) is 10.1 Å². The molecule has 0 spiro atoms. The first-order chi connectivity index (χ1) is 15.6. The monoisotopic (exact) mass is 445 g/mol. The van der Waals surface area contributed by atoms with E-state index < -0.39 is 11.9 Å². The van der Waals surface area contributed by atoms with E-state index in [1.54, 1.807) is 6.21 Å². The number of nitrogens with zero attached hydrogens (tertiary/aromatic N) is 2. The second-order valence-electron chi connectivity index (χ2n) is 6.74. The number of ether oxygens (including phenoxy) is 2. The van der Waals surface area contributed by atoms with Crippen LogP contribution in [-0.2, 0) is 20.9 Å². The van der Waals surface area contributed by atoms with E-state index in [9.17, 15) is 9.59 Å². The highest BCUT2D eigenvalue weighted by atomic mass is 32.2. The van der Waals surface area contributed by atoms with Crippen LogP contribution in [0.1, 0.15) is 11.1 Å². The number of rotatable bonds is 6. The molecule has 4 rings (SSSR count). The molecule has 1 N–H and O–H groups in total. The topological polar surface area (TPSA) is 89.3 Å². The molecular weight excluding hydrogens is 426 g/mol. The van der Waals surface area contributed by atoms with E-state index in [1.165, 1.54) is 17.9 Å². The van der Waals surface area contributed by atoms with Crippen molar-refractivity contribution in [1.29, 1.82) is 0 Å². The smallest absolute Gasteiger partial charge is 0.331 e. The predicted octanol–water partition coefficient (Wildman–Crippen LogP) is 4.03. The number of thioether (sulfide) groups is 1. The van der Waals surface area contributed by atoms with E-state index in [0.29, 0.717) is 12.4 Å². The quantitative estimate of drug-likeness (QED) is 0.268. The van der Waals surface area contributed by atoms with Crippen LogP contribution in [-0.4, -0.2) is 30.4 Å². The van der Waals surface area contributed by atoms with Crippen LogP contribution in [0.15, 0.2) is 87.9 Å². The van der Waals surface area contributed by atoms with Crippen LogP contribution in [0, 0.1) is 0 Å². The van der Waals surface area contributed by atoms with Crippen LogP contribution in [0.25, 0.3) is 10.8 Å². The summed E-state index contributed by atoms with van der Waals surface area (Å²) in [6, 6.07) is 21.8. The van der Waals surface area contributed by atoms with Gasteiger partial charge in [-0.1, -0.05) is 54.6 Å². The highest BCUT2D eigenvalue weighted by Gasteiger charge is 2.24. The summed E-state index contributed by atoms with van der Waals surface area (Å²) < 4.78 is 10.5. The van der Waals surface area contributed by atoms with E-state index in [2.05, 4.69) is 44.5 Å². The summed E-state index contributed by atoms with van der Waals surface area (Å²) in [5.74, 6) is -0.313. The Hall–Kier alpha value is -3.91. The van der Waals surface area contributed by atoms with Crippen molar-refractivity contribution in [1.82, 2.24) is 5.32 Å². The molecule has 1 aliphatic heterocycles. The second kappa shape index (κ2) is 9.93. The van der Waals surface area contributed by atoms with Gasteiger partial charge < -0.3 is 9.47 Å². The molecule has 0 radical (unpaired) electrons. The van der Waals surface area contributed by atoms with Gasteiger partial charge in [0.15, 0.2) is 5.17 Å². The second-order valence-corrected chi connectivity index (χ2v) is 7.77. The molecule has 3 aromatic rings. The molecule has 0 atom stereocenters. The first-order valence-corrected chi connectivity index (χ1v) is 10.5. The highest BCUT2D eigenvalue weighted by Crippen LogP contribution is 2.24. The number of methoxy groups -OCH3 is 1. The molecule has 0 bridgehead atoms. The largest absolute Gasteiger partial charge is 0.489 e. The van der Waals surface area contributed by atoms with Gasteiger partial charge in [0.2, 0.25) is 0 Å². The fourth-order valence-electron chi connectivity index (χ4n) is 3.05. The Kier molecular flexibility index (Phi) is 6.62. The van der Waals surface area contributed by atoms with Gasteiger partial charge >= 0.3 is 5.97 Å². The summed E-state index contributed by atoms with van der Waals surface area (Å²) in [4.78, 5) is 23.3. The molecule has 0 unspecified atom stereocenters. The molecule has 8 heteroatoms. The number of nitrogens with one attached hydrogen (secondary N) is 1. The average molecular weight is 446 g/mol. The summed E-state index contributed by atoms with van der Waals surface area (Å²) in [7, 11) is 1.25. The maximum absolute atomic E-state index is 11.8. The molecule has 0 aromatic heterocycles. The number of carbonyl (C=O) groups is 2. The lowest BCUT2D eigenvalue weighted by Crippen LogP contribution is -2.19. The third-order valence-electron chi connectivity index (χ3n) is 4.59. The molecular formula is C24H19N3O4S. The molecule has 1 saturated heterocycles. The molecule has 3 aromatic carbocycles. The molecule has 7 nitrogen and oxygen atoms in total. The van der Waals surface area contributed by atoms with Crippen LogP contribution in [0.2, 0.25) is 0 Å². The van der Waals surface area contributed by atoms with Crippen LogP contribution in [0.4, 0.5) is 0 Å². The third kappa shape index (κ3) is 5.22. The Morgan fingerprint density at radius 2 is 1.91 bits per heavy atom. The van der Waals surface area contributed by atoms with E-state index in [-0.39, 0.29) is 10.1 Å². The lowest BCUT2D eigenvalue weighted by molar-refractivity contribution is -0.135. The summed E-state index contributed by atoms with van der Waals surface area (Å²) >= 11 is 1.02. The molecule has 1 heterocycles. The molecule has 160 valence electrons. The van der Waals surface area contributed by atoms with E-state index in [4.69, 9.17) is 4.74 Å². The van der Waals surface area contributed by atoms with Gasteiger partial charge in [-0.15, -0.1) is 5.10 Å². The fourth-order valence-corrected chi connectivity index (χ4v) is 3.79. The Bertz CT molecular complexity index is 1260. The van der Waals surface area contributed by atoms with Crippen molar-refractivity contribution in [2.45, 2.75) is 6.61 Å². The Morgan fingerprint density at radius 3 is 2.78 bits per heavy atom. The van der Waals surface area contributed by atoms with Crippen molar-refractivity contribution in [3.8, 4) is 5.75 Å². The normalized spacial score (nSPS) is 16.1. The lowest BCUT2D eigenvalue weighted by atomic mass is 10.1. The molecule has 0 aliphatic carbocycles. The van der Waals surface area contributed by atoms with Crippen LogP contribution >= 0.6 is 11.8 Å². The minimum Gasteiger partial charge on any atom is -0.489 e. The number of carbonyl (C=O) groups excluding carboxylic acids is 2. The number of benzene rings is 3. The summed E-state index contributed by atoms with van der Waals surface area (Å²) in [6.45, 7) is 0.447. The van der Waals surface area contributed by atoms with Gasteiger partial charge in [-0.05, 0) is 45.8 Å². The van der Waals surface area contributed by atoms with Gasteiger partial charge in [0.25, 0.3) is 5.91 Å². The molecule has 1 amide bonds. The zero-order chi connectivity index (χ0) is 22.3. The van der Waals surface area contributed by atoms with Crippen molar-refractivity contribution in [3.63, 3.8) is 0 Å². The SMILES string of the molecule is COC(=O)/C=C1/S/C(=N\N=Cc2cccc(OCc3cccc4ccccc34)c2)NC1=O. The maximum atomic E-state index is 11.8. The molecule has 1 aliphatic rings. The Morgan fingerprint density at radius 1 is 1.09 bits per heavy atom. The van der Waals surface area contributed by atoms with Gasteiger partial charge in [-0.2, -0.15) is 5.10 Å². The number of fused-ring (bicyclic) bond motifs is 1. The predicted molar refractivity (Wildman–Crippen MR) is 126 cm³/mol. The minimum atomic E-state index is -0.604. The van der Waals surface area contributed by atoms with Crippen LogP contribution in [0.5, 0.6) is 5.75 Å². The number of hydrogen-bond acceptors (Lipinski definition) is 7. The van der Waals surface area contributed by atoms with E-state index >= 15 is 0 Å². The van der Waals surface area contributed by atoms with Crippen LogP contribution < -0.4 is 10.1 Å². The summed E-state index contributed by atoms with van der Waals surface area (Å²) in [6.07, 6.45) is 2.68. The fraction of sp³-hybridized carbons (Fsp3) is 0.0833. The van der Waals surface area contributed by atoms with Crippen molar-refractivity contribution in [3.05, 3.63) is 88.8 Å². The minimum absolute atomic E-state index is 0.203. The number of amides is 1. The first kappa shape index (κ1) is 21.3. The summed E-state index contributed by atoms with van der Waals surface area (Å²) in [5.41, 5.74) is 1.91. The zero-order valence-corrected chi connectivity index (χ0v) is 18.0. The van der Waals surface area contributed by atoms with Crippen molar-refractivity contribution < 1.29 is 19.1 Å². The third-order valence-corrected chi connectivity index (χ3v) is 5.49. The molecule has 1 fully saturated rings. The number of esters is 1. The highest BCUT2D eigenvalue weighted by molar-refractivity contribution is 8.18. The molecule has 32 heavy (non-hydrogen) atoms. The number of hydrogen-bond donors (Lipinski definition) is 1. The van der Waals surface area contributed by atoms with E-state index in [1.807, 2.05) is 42.5 Å². The Balaban J connectivity index is 1.41. The van der Waals surface area contributed by atoms with Crippen molar-refractivity contribution in [2.75, 3.05) is 7.11 Å². The standard InChI is InChI=1S/C24H19N3O4S/c1-30-22(28)13-21-23(29)26-24(32-21)27-25-14-16-6-4-10-19(12-16)31-15-18-9-5-8-17-7-2-3-11-20(17)18/h2-14H,15H2,1H3,(H,26,27,29)/b21-13+,25-14?. The van der Waals surface area contributed by atoms with Gasteiger partial charge in [0.1, 0.15) is 12.4 Å². The Labute approximate surface area is 188 Å². The van der Waals surface area contributed by atoms with Crippen molar-refractivity contribution >= 4 is 45.8 Å². The van der Waals surface area contributed by atoms with Crippen LogP contribution in [0.3, 0.4) is 0 Å². The van der Waals surface area contributed by atoms with Crippen molar-refractivity contribution in [2.24, 2.45) is 10.2 Å². The summed E-state index contributed by atoms with van der Waals surface area (Å²) in [5, 5.41) is 13.2. The zero-order valence-electron chi connectivity index (χ0n) is 17.1. The van der Waals surface area contributed by atoms with Gasteiger partial charge in [-0.25, -0.2) is 4.79 Å². The maximum Gasteiger partial charge on any atom is 0.331 e. The van der Waals surface area contributed by atoms with E-state index in [0.717, 1.165) is 29.0 Å². The van der Waals surface area contributed by atoms with Gasteiger partial charge in [0.05, 0.1) is 18.2 Å². The average Bonchev–Trinajstić information content (AvgIpc) is 3.16. The number of amidine groups is 1. The molecule has 0 saturated carbocycles. The first-order valence-electron chi connectivity index (χ1n) is 9.72. The van der Waals surface area contributed by atoms with Gasteiger partial charge in [0, 0.05) is 6.08 Å².